The van der Waals surface area contributed by atoms with Crippen LogP contribution in [0.5, 0.6) is 0 Å². The standard InChI is InChI=1S/C24H27N3O5S2/c1-4-27-20-12-9-18(23(29)32-3)14-21(20)33-24(27)25-22(28)17-7-10-19(11-8-17)34(30,31)26-13-5-6-16(2)15-26/h7-12,14,16H,4-6,13,15H2,1-3H3/t16-/m0/s1. The maximum Gasteiger partial charge on any atom is 0.337 e. The average molecular weight is 502 g/mol. The van der Waals surface area contributed by atoms with Crippen molar-refractivity contribution in [3.63, 3.8) is 0 Å². The molecule has 2 heterocycles. The van der Waals surface area contributed by atoms with Crippen LogP contribution in [0.3, 0.4) is 0 Å². The Bertz CT molecular complexity index is 1400. The van der Waals surface area contributed by atoms with Crippen molar-refractivity contribution < 1.29 is 22.7 Å². The lowest BCUT2D eigenvalue weighted by atomic mass is 10.0. The lowest BCUT2D eigenvalue weighted by molar-refractivity contribution is 0.0600. The van der Waals surface area contributed by atoms with Crippen molar-refractivity contribution in [2.45, 2.75) is 38.1 Å². The van der Waals surface area contributed by atoms with E-state index < -0.39 is 21.9 Å². The summed E-state index contributed by atoms with van der Waals surface area (Å²) in [5.41, 5.74) is 1.60. The van der Waals surface area contributed by atoms with E-state index in [4.69, 9.17) is 4.74 Å². The first-order valence-corrected chi connectivity index (χ1v) is 13.4. The van der Waals surface area contributed by atoms with E-state index in [0.29, 0.717) is 41.5 Å². The molecule has 0 saturated carbocycles. The van der Waals surface area contributed by atoms with Crippen LogP contribution < -0.4 is 4.80 Å². The lowest BCUT2D eigenvalue weighted by Gasteiger charge is -2.30. The number of nitrogens with zero attached hydrogens (tertiary/aromatic N) is 3. The summed E-state index contributed by atoms with van der Waals surface area (Å²) in [5.74, 6) is -0.557. The van der Waals surface area contributed by atoms with Crippen LogP contribution in [0.2, 0.25) is 0 Å². The van der Waals surface area contributed by atoms with Gasteiger partial charge in [-0.15, -0.1) is 0 Å². The molecule has 0 N–H and O–H groups in total. The van der Waals surface area contributed by atoms with Crippen LogP contribution in [0.4, 0.5) is 0 Å². The Morgan fingerprint density at radius 3 is 2.50 bits per heavy atom. The first kappa shape index (κ1) is 24.3. The molecular formula is C24H27N3O5S2. The number of esters is 1. The fourth-order valence-corrected chi connectivity index (χ4v) is 6.87. The van der Waals surface area contributed by atoms with E-state index in [9.17, 15) is 18.0 Å². The molecule has 180 valence electrons. The predicted octanol–water partition coefficient (Wildman–Crippen LogP) is 3.67. The molecule has 0 spiro atoms. The van der Waals surface area contributed by atoms with Gasteiger partial charge in [-0.1, -0.05) is 18.3 Å². The van der Waals surface area contributed by atoms with Gasteiger partial charge in [0.05, 0.1) is 27.8 Å². The maximum atomic E-state index is 13.0. The van der Waals surface area contributed by atoms with E-state index in [1.54, 1.807) is 12.1 Å². The van der Waals surface area contributed by atoms with Crippen LogP contribution >= 0.6 is 11.3 Å². The molecule has 34 heavy (non-hydrogen) atoms. The van der Waals surface area contributed by atoms with Gasteiger partial charge in [-0.3, -0.25) is 4.79 Å². The Morgan fingerprint density at radius 1 is 1.15 bits per heavy atom. The van der Waals surface area contributed by atoms with Gasteiger partial charge in [-0.05, 0) is 68.1 Å². The molecule has 4 rings (SSSR count). The zero-order valence-corrected chi connectivity index (χ0v) is 21.0. The summed E-state index contributed by atoms with van der Waals surface area (Å²) >= 11 is 1.31. The highest BCUT2D eigenvalue weighted by atomic mass is 32.2. The van der Waals surface area contributed by atoms with E-state index in [1.807, 2.05) is 17.6 Å². The van der Waals surface area contributed by atoms with Crippen molar-refractivity contribution in [3.05, 3.63) is 58.4 Å². The number of amides is 1. The van der Waals surface area contributed by atoms with E-state index in [-0.39, 0.29) is 4.90 Å². The van der Waals surface area contributed by atoms with Crippen molar-refractivity contribution in [2.24, 2.45) is 10.9 Å². The number of piperidine rings is 1. The van der Waals surface area contributed by atoms with Gasteiger partial charge >= 0.3 is 5.97 Å². The van der Waals surface area contributed by atoms with Crippen molar-refractivity contribution >= 4 is 43.5 Å². The number of aromatic nitrogens is 1. The number of hydrogen-bond donors (Lipinski definition) is 0. The van der Waals surface area contributed by atoms with Crippen LogP contribution in [0, 0.1) is 5.92 Å². The third-order valence-electron chi connectivity index (χ3n) is 5.98. The molecule has 0 unspecified atom stereocenters. The highest BCUT2D eigenvalue weighted by Gasteiger charge is 2.28. The van der Waals surface area contributed by atoms with Gasteiger partial charge in [0.1, 0.15) is 0 Å². The van der Waals surface area contributed by atoms with Crippen molar-refractivity contribution in [2.75, 3.05) is 20.2 Å². The van der Waals surface area contributed by atoms with Gasteiger partial charge < -0.3 is 9.30 Å². The average Bonchev–Trinajstić information content (AvgIpc) is 3.19. The largest absolute Gasteiger partial charge is 0.465 e. The number of hydrogen-bond acceptors (Lipinski definition) is 6. The second-order valence-corrected chi connectivity index (χ2v) is 11.3. The highest BCUT2D eigenvalue weighted by molar-refractivity contribution is 7.89. The molecule has 1 atom stereocenters. The van der Waals surface area contributed by atoms with Crippen LogP contribution in [0.25, 0.3) is 10.2 Å². The number of methoxy groups -OCH3 is 1. The van der Waals surface area contributed by atoms with Crippen molar-refractivity contribution in [1.82, 2.24) is 8.87 Å². The predicted molar refractivity (Wildman–Crippen MR) is 130 cm³/mol. The second kappa shape index (κ2) is 9.81. The topological polar surface area (TPSA) is 98.0 Å². The Labute approximate surface area is 202 Å². The third kappa shape index (κ3) is 4.70. The van der Waals surface area contributed by atoms with Gasteiger partial charge in [-0.25, -0.2) is 13.2 Å². The van der Waals surface area contributed by atoms with Gasteiger partial charge in [0.2, 0.25) is 10.0 Å². The SMILES string of the molecule is CCn1c(=NC(=O)c2ccc(S(=O)(=O)N3CCC[C@H](C)C3)cc2)sc2cc(C(=O)OC)ccc21. The minimum Gasteiger partial charge on any atom is -0.465 e. The van der Waals surface area contributed by atoms with Gasteiger partial charge in [-0.2, -0.15) is 9.30 Å². The summed E-state index contributed by atoms with van der Waals surface area (Å²) in [6.07, 6.45) is 1.88. The molecule has 2 aromatic carbocycles. The monoisotopic (exact) mass is 501 g/mol. The van der Waals surface area contributed by atoms with E-state index in [1.165, 1.54) is 47.0 Å². The fraction of sp³-hybridized carbons (Fsp3) is 0.375. The smallest absolute Gasteiger partial charge is 0.337 e. The lowest BCUT2D eigenvalue weighted by Crippen LogP contribution is -2.39. The van der Waals surface area contributed by atoms with E-state index in [0.717, 1.165) is 23.1 Å². The number of thiazole rings is 1. The quantitative estimate of drug-likeness (QED) is 0.497. The van der Waals surface area contributed by atoms with Crippen LogP contribution in [0.15, 0.2) is 52.4 Å². The molecule has 10 heteroatoms. The minimum absolute atomic E-state index is 0.180. The van der Waals surface area contributed by atoms with Crippen molar-refractivity contribution in [3.8, 4) is 0 Å². The van der Waals surface area contributed by atoms with Gasteiger partial charge in [0, 0.05) is 25.2 Å². The third-order valence-corrected chi connectivity index (χ3v) is 8.90. The molecule has 0 bridgehead atoms. The summed E-state index contributed by atoms with van der Waals surface area (Å²) in [6.45, 7) is 5.63. The molecule has 8 nitrogen and oxygen atoms in total. The number of carbonyl (C=O) groups excluding carboxylic acids is 2. The highest BCUT2D eigenvalue weighted by Crippen LogP contribution is 2.24. The molecule has 1 amide bonds. The molecule has 0 radical (unpaired) electrons. The number of carbonyl (C=O) groups is 2. The Morgan fingerprint density at radius 2 is 1.85 bits per heavy atom. The first-order chi connectivity index (χ1) is 16.2. The van der Waals surface area contributed by atoms with Gasteiger partial charge in [0.25, 0.3) is 5.91 Å². The second-order valence-electron chi connectivity index (χ2n) is 8.35. The van der Waals surface area contributed by atoms with Gasteiger partial charge in [0.15, 0.2) is 4.80 Å². The Balaban J connectivity index is 1.63. The molecule has 3 aromatic rings. The normalized spacial score (nSPS) is 17.7. The summed E-state index contributed by atoms with van der Waals surface area (Å²) in [5, 5.41) is 0. The number of rotatable bonds is 5. The zero-order valence-electron chi connectivity index (χ0n) is 19.4. The minimum atomic E-state index is -3.59. The Kier molecular flexibility index (Phi) is 7.01. The maximum absolute atomic E-state index is 13.0. The molecule has 1 aromatic heterocycles. The van der Waals surface area contributed by atoms with Crippen molar-refractivity contribution in [1.29, 1.82) is 0 Å². The summed E-state index contributed by atoms with van der Waals surface area (Å²) in [7, 11) is -2.26. The fourth-order valence-electron chi connectivity index (χ4n) is 4.14. The Hall–Kier alpha value is -2.82. The van der Waals surface area contributed by atoms with Crippen LogP contribution in [-0.4, -0.2) is 49.4 Å². The molecule has 1 aliphatic rings. The van der Waals surface area contributed by atoms with E-state index >= 15 is 0 Å². The first-order valence-electron chi connectivity index (χ1n) is 11.2. The molecular weight excluding hydrogens is 474 g/mol. The molecule has 1 fully saturated rings. The number of benzene rings is 2. The summed E-state index contributed by atoms with van der Waals surface area (Å²) in [4.78, 5) is 29.7. The number of fused-ring (bicyclic) bond motifs is 1. The van der Waals surface area contributed by atoms with Crippen LogP contribution in [-0.2, 0) is 21.3 Å². The zero-order chi connectivity index (χ0) is 24.5. The number of aryl methyl sites for hydroxylation is 1. The number of ether oxygens (including phenoxy) is 1. The van der Waals surface area contributed by atoms with E-state index in [2.05, 4.69) is 11.9 Å². The summed E-state index contributed by atoms with van der Waals surface area (Å²) < 4.78 is 35.0. The molecule has 1 saturated heterocycles. The molecule has 0 aliphatic carbocycles. The van der Waals surface area contributed by atoms with Crippen LogP contribution in [0.1, 0.15) is 47.4 Å². The number of sulfonamides is 1. The summed E-state index contributed by atoms with van der Waals surface area (Å²) in [6, 6.07) is 11.2. The molecule has 1 aliphatic heterocycles.